The lowest BCUT2D eigenvalue weighted by atomic mass is 10.1. The zero-order chi connectivity index (χ0) is 21.4. The number of halogens is 1. The molecule has 0 saturated carbocycles. The van der Waals surface area contributed by atoms with Crippen molar-refractivity contribution in [3.8, 4) is 16.9 Å². The Morgan fingerprint density at radius 1 is 0.968 bits per heavy atom. The van der Waals surface area contributed by atoms with Gasteiger partial charge >= 0.3 is 0 Å². The minimum atomic E-state index is -0.294. The zero-order valence-corrected chi connectivity index (χ0v) is 16.7. The number of rotatable bonds is 4. The molecule has 5 rings (SSSR count). The summed E-state index contributed by atoms with van der Waals surface area (Å²) in [5.74, 6) is 0.228. The van der Waals surface area contributed by atoms with Gasteiger partial charge in [-0.25, -0.2) is 9.07 Å². The monoisotopic (exact) mass is 411 g/mol. The molecule has 6 nitrogen and oxygen atoms in total. The summed E-state index contributed by atoms with van der Waals surface area (Å²) in [6, 6.07) is 19.5. The Kier molecular flexibility index (Phi) is 4.55. The molecule has 0 unspecified atom stereocenters. The van der Waals surface area contributed by atoms with E-state index in [1.54, 1.807) is 47.4 Å². The molecule has 0 bridgehead atoms. The number of aryl methyl sites for hydroxylation is 1. The first-order chi connectivity index (χ1) is 15.1. The van der Waals surface area contributed by atoms with Gasteiger partial charge in [-0.1, -0.05) is 18.2 Å². The van der Waals surface area contributed by atoms with Gasteiger partial charge in [-0.3, -0.25) is 9.78 Å². The highest BCUT2D eigenvalue weighted by molar-refractivity contribution is 6.02. The highest BCUT2D eigenvalue weighted by Crippen LogP contribution is 2.23. The Bertz CT molecular complexity index is 1400. The molecule has 1 aromatic carbocycles. The van der Waals surface area contributed by atoms with Crippen molar-refractivity contribution in [1.82, 2.24) is 19.2 Å². The van der Waals surface area contributed by atoms with E-state index < -0.39 is 0 Å². The van der Waals surface area contributed by atoms with E-state index in [4.69, 9.17) is 0 Å². The molecular weight excluding hydrogens is 393 g/mol. The number of benzene rings is 1. The average Bonchev–Trinajstić information content (AvgIpc) is 3.41. The standard InChI is InChI=1S/C24H18FN5O/c1-16-14-20(10-12-26-16)27-24(31)22-11-13-30(28-22)23-9-8-21-7-4-18(15-29(21)23)17-2-5-19(25)6-3-17/h2-15H,1H3,(H,26,27,31). The molecule has 0 atom stereocenters. The van der Waals surface area contributed by atoms with Crippen LogP contribution in [0.15, 0.2) is 85.3 Å². The maximum Gasteiger partial charge on any atom is 0.276 e. The van der Waals surface area contributed by atoms with E-state index in [1.807, 2.05) is 41.8 Å². The molecule has 0 aliphatic carbocycles. The van der Waals surface area contributed by atoms with Crippen LogP contribution in [-0.2, 0) is 0 Å². The van der Waals surface area contributed by atoms with Crippen LogP contribution in [0.3, 0.4) is 0 Å². The lowest BCUT2D eigenvalue weighted by molar-refractivity contribution is 0.102. The maximum atomic E-state index is 13.3. The number of hydrogen-bond donors (Lipinski definition) is 1. The molecular formula is C24H18FN5O. The predicted molar refractivity (Wildman–Crippen MR) is 117 cm³/mol. The Morgan fingerprint density at radius 2 is 1.74 bits per heavy atom. The van der Waals surface area contributed by atoms with Gasteiger partial charge in [-0.05, 0) is 66.6 Å². The van der Waals surface area contributed by atoms with Gasteiger partial charge in [0.2, 0.25) is 0 Å². The number of aromatic nitrogens is 4. The number of carbonyl (C=O) groups is 1. The molecule has 1 N–H and O–H groups in total. The third-order valence-corrected chi connectivity index (χ3v) is 5.02. The molecule has 0 saturated heterocycles. The van der Waals surface area contributed by atoms with Gasteiger partial charge in [0, 0.05) is 35.5 Å². The van der Waals surface area contributed by atoms with Crippen LogP contribution in [0.2, 0.25) is 0 Å². The molecule has 4 aromatic heterocycles. The molecule has 4 heterocycles. The topological polar surface area (TPSA) is 64.2 Å². The van der Waals surface area contributed by atoms with Crippen molar-refractivity contribution < 1.29 is 9.18 Å². The quantitative estimate of drug-likeness (QED) is 0.458. The second-order valence-corrected chi connectivity index (χ2v) is 7.20. The molecule has 0 fully saturated rings. The predicted octanol–water partition coefficient (Wildman–Crippen LogP) is 4.89. The van der Waals surface area contributed by atoms with Crippen LogP contribution in [-0.4, -0.2) is 25.1 Å². The van der Waals surface area contributed by atoms with Crippen molar-refractivity contribution in [3.05, 3.63) is 103 Å². The fourth-order valence-corrected chi connectivity index (χ4v) is 3.48. The van der Waals surface area contributed by atoms with Crippen LogP contribution in [0.25, 0.3) is 22.5 Å². The van der Waals surface area contributed by atoms with Crippen molar-refractivity contribution in [2.24, 2.45) is 0 Å². The fraction of sp³-hybridized carbons (Fsp3) is 0.0417. The van der Waals surface area contributed by atoms with Crippen LogP contribution < -0.4 is 5.32 Å². The van der Waals surface area contributed by atoms with E-state index in [0.29, 0.717) is 11.4 Å². The minimum Gasteiger partial charge on any atom is -0.320 e. The molecule has 0 spiro atoms. The highest BCUT2D eigenvalue weighted by Gasteiger charge is 2.13. The molecule has 5 aromatic rings. The van der Waals surface area contributed by atoms with E-state index in [1.165, 1.54) is 12.1 Å². The van der Waals surface area contributed by atoms with Crippen molar-refractivity contribution in [3.63, 3.8) is 0 Å². The summed E-state index contributed by atoms with van der Waals surface area (Å²) in [4.78, 5) is 16.7. The first-order valence-electron chi connectivity index (χ1n) is 9.74. The molecule has 0 radical (unpaired) electrons. The van der Waals surface area contributed by atoms with E-state index in [9.17, 15) is 9.18 Å². The summed E-state index contributed by atoms with van der Waals surface area (Å²) in [6.07, 6.45) is 5.37. The maximum absolute atomic E-state index is 13.3. The number of amides is 1. The first-order valence-corrected chi connectivity index (χ1v) is 9.74. The Balaban J connectivity index is 1.46. The molecule has 152 valence electrons. The van der Waals surface area contributed by atoms with Crippen LogP contribution in [0.5, 0.6) is 0 Å². The van der Waals surface area contributed by atoms with Crippen LogP contribution in [0.4, 0.5) is 10.1 Å². The van der Waals surface area contributed by atoms with Crippen molar-refractivity contribution in [2.45, 2.75) is 6.92 Å². The molecule has 31 heavy (non-hydrogen) atoms. The van der Waals surface area contributed by atoms with Crippen LogP contribution in [0.1, 0.15) is 16.2 Å². The number of anilines is 1. The van der Waals surface area contributed by atoms with Crippen LogP contribution in [0, 0.1) is 12.7 Å². The number of fused-ring (bicyclic) bond motifs is 1. The van der Waals surface area contributed by atoms with E-state index in [-0.39, 0.29) is 11.7 Å². The van der Waals surface area contributed by atoms with E-state index in [0.717, 1.165) is 28.2 Å². The Morgan fingerprint density at radius 3 is 2.55 bits per heavy atom. The van der Waals surface area contributed by atoms with Crippen molar-refractivity contribution >= 4 is 17.1 Å². The minimum absolute atomic E-state index is 0.268. The lowest BCUT2D eigenvalue weighted by Crippen LogP contribution is -2.13. The molecule has 7 heteroatoms. The summed E-state index contributed by atoms with van der Waals surface area (Å²) >= 11 is 0. The summed E-state index contributed by atoms with van der Waals surface area (Å²) in [5.41, 5.74) is 4.64. The van der Waals surface area contributed by atoms with Gasteiger partial charge in [0.15, 0.2) is 5.69 Å². The second kappa shape index (κ2) is 7.53. The smallest absolute Gasteiger partial charge is 0.276 e. The largest absolute Gasteiger partial charge is 0.320 e. The lowest BCUT2D eigenvalue weighted by Gasteiger charge is -2.07. The van der Waals surface area contributed by atoms with E-state index in [2.05, 4.69) is 15.4 Å². The number of nitrogens with one attached hydrogen (secondary N) is 1. The Hall–Kier alpha value is -4.26. The van der Waals surface area contributed by atoms with Gasteiger partial charge in [0.25, 0.3) is 5.91 Å². The number of carbonyl (C=O) groups excluding carboxylic acids is 1. The molecule has 0 aliphatic heterocycles. The first kappa shape index (κ1) is 18.7. The SMILES string of the molecule is Cc1cc(NC(=O)c2ccn(-c3ccc4ccc(-c5ccc(F)cc5)cn34)n2)ccn1. The highest BCUT2D eigenvalue weighted by atomic mass is 19.1. The van der Waals surface area contributed by atoms with Crippen molar-refractivity contribution in [2.75, 3.05) is 5.32 Å². The van der Waals surface area contributed by atoms with E-state index >= 15 is 0 Å². The molecule has 0 aliphatic rings. The average molecular weight is 411 g/mol. The van der Waals surface area contributed by atoms with Crippen molar-refractivity contribution in [1.29, 1.82) is 0 Å². The number of hydrogen-bond acceptors (Lipinski definition) is 3. The summed E-state index contributed by atoms with van der Waals surface area (Å²) in [5, 5.41) is 7.29. The van der Waals surface area contributed by atoms with Gasteiger partial charge in [-0.15, -0.1) is 0 Å². The molecule has 1 amide bonds. The summed E-state index contributed by atoms with van der Waals surface area (Å²) in [6.45, 7) is 1.86. The third kappa shape index (κ3) is 3.69. The summed E-state index contributed by atoms with van der Waals surface area (Å²) in [7, 11) is 0. The fourth-order valence-electron chi connectivity index (χ4n) is 3.48. The summed E-state index contributed by atoms with van der Waals surface area (Å²) < 4.78 is 16.9. The Labute approximate surface area is 177 Å². The third-order valence-electron chi connectivity index (χ3n) is 5.02. The van der Waals surface area contributed by atoms with Gasteiger partial charge in [0.1, 0.15) is 11.6 Å². The second-order valence-electron chi connectivity index (χ2n) is 7.20. The normalized spacial score (nSPS) is 11.0. The van der Waals surface area contributed by atoms with Gasteiger partial charge < -0.3 is 9.72 Å². The van der Waals surface area contributed by atoms with Gasteiger partial charge in [-0.2, -0.15) is 5.10 Å². The number of nitrogens with zero attached hydrogens (tertiary/aromatic N) is 4. The van der Waals surface area contributed by atoms with Crippen LogP contribution >= 0.6 is 0 Å². The zero-order valence-electron chi connectivity index (χ0n) is 16.7. The number of pyridine rings is 2. The van der Waals surface area contributed by atoms with Gasteiger partial charge in [0.05, 0.1) is 0 Å².